The van der Waals surface area contributed by atoms with Gasteiger partial charge in [0, 0.05) is 12.0 Å². The molecule has 7 nitrogen and oxygen atoms in total. The number of rotatable bonds is 5. The molecule has 152 valence electrons. The molecule has 8 heteroatoms. The maximum atomic E-state index is 12.8. The van der Waals surface area contributed by atoms with E-state index in [1.54, 1.807) is 19.1 Å². The first-order valence-corrected chi connectivity index (χ1v) is 10.4. The molecular formula is C21H22N2O5S. The number of carbonyl (C=O) groups excluding carboxylic acids is 2. The van der Waals surface area contributed by atoms with Crippen LogP contribution in [0.2, 0.25) is 0 Å². The van der Waals surface area contributed by atoms with E-state index in [-0.39, 0.29) is 28.0 Å². The molecule has 0 atom stereocenters. The van der Waals surface area contributed by atoms with Gasteiger partial charge in [-0.15, -0.1) is 4.79 Å². The molecular weight excluding hydrogens is 392 g/mol. The van der Waals surface area contributed by atoms with Gasteiger partial charge in [-0.1, -0.05) is 52.0 Å². The summed E-state index contributed by atoms with van der Waals surface area (Å²) in [4.78, 5) is 26.5. The quantitative estimate of drug-likeness (QED) is 0.141. The maximum Gasteiger partial charge on any atom is 0.456 e. The molecule has 0 bridgehead atoms. The van der Waals surface area contributed by atoms with Crippen molar-refractivity contribution in [2.45, 2.75) is 44.4 Å². The number of esters is 1. The molecule has 0 spiro atoms. The van der Waals surface area contributed by atoms with E-state index in [4.69, 9.17) is 4.74 Å². The fourth-order valence-electron chi connectivity index (χ4n) is 2.47. The highest BCUT2D eigenvalue weighted by molar-refractivity contribution is 8.08. The van der Waals surface area contributed by atoms with E-state index in [2.05, 4.69) is 4.79 Å². The molecule has 0 heterocycles. The third-order valence-corrected chi connectivity index (χ3v) is 5.88. The first kappa shape index (κ1) is 22.2. The standard InChI is InChI=1S/C21H22N2O5S/c1-5-18(24)28-16-10-12-17(13-11-16)29(26,27)20(23-22)19(25)14-6-8-15(9-7-14)21(2,3)4/h6-13H,5H2,1-4H3. The Kier molecular flexibility index (Phi) is 6.51. The van der Waals surface area contributed by atoms with Crippen molar-refractivity contribution < 1.29 is 27.5 Å². The van der Waals surface area contributed by atoms with Crippen molar-refractivity contribution in [1.29, 1.82) is 0 Å². The van der Waals surface area contributed by atoms with Crippen LogP contribution in [0, 0.1) is 0 Å². The number of hydrogen-bond donors (Lipinski definition) is 0. The minimum Gasteiger partial charge on any atom is -0.427 e. The average molecular weight is 414 g/mol. The largest absolute Gasteiger partial charge is 0.456 e. The van der Waals surface area contributed by atoms with Gasteiger partial charge in [-0.2, -0.15) is 0 Å². The van der Waals surface area contributed by atoms with Crippen molar-refractivity contribution in [3.8, 4) is 5.75 Å². The summed E-state index contributed by atoms with van der Waals surface area (Å²) in [6.07, 6.45) is 0.171. The van der Waals surface area contributed by atoms with Crippen molar-refractivity contribution >= 4 is 26.6 Å². The summed E-state index contributed by atoms with van der Waals surface area (Å²) in [5.41, 5.74) is 10.2. The Morgan fingerprint density at radius 3 is 2.00 bits per heavy atom. The molecule has 0 amide bonds. The van der Waals surface area contributed by atoms with Crippen LogP contribution < -0.4 is 4.74 Å². The molecule has 2 aromatic carbocycles. The van der Waals surface area contributed by atoms with Crippen LogP contribution in [0.15, 0.2) is 53.4 Å². The normalized spacial score (nSPS) is 11.4. The van der Waals surface area contributed by atoms with Gasteiger partial charge in [0.1, 0.15) is 5.75 Å². The van der Waals surface area contributed by atoms with Gasteiger partial charge in [0.05, 0.1) is 4.90 Å². The van der Waals surface area contributed by atoms with Gasteiger partial charge in [-0.3, -0.25) is 9.59 Å². The lowest BCUT2D eigenvalue weighted by molar-refractivity contribution is -0.134. The van der Waals surface area contributed by atoms with E-state index in [1.807, 2.05) is 20.8 Å². The zero-order valence-corrected chi connectivity index (χ0v) is 17.5. The third kappa shape index (κ3) is 5.04. The van der Waals surface area contributed by atoms with Crippen LogP contribution in [-0.2, 0) is 20.0 Å². The topological polar surface area (TPSA) is 114 Å². The van der Waals surface area contributed by atoms with Gasteiger partial charge < -0.3 is 10.3 Å². The highest BCUT2D eigenvalue weighted by atomic mass is 32.2. The fraction of sp³-hybridized carbons (Fsp3) is 0.286. The van der Waals surface area contributed by atoms with Crippen LogP contribution in [-0.4, -0.2) is 30.0 Å². The van der Waals surface area contributed by atoms with E-state index in [0.29, 0.717) is 0 Å². The number of nitrogens with zero attached hydrogens (tertiary/aromatic N) is 2. The Bertz CT molecular complexity index is 1070. The molecule has 0 unspecified atom stereocenters. The highest BCUT2D eigenvalue weighted by Gasteiger charge is 2.38. The Hall–Kier alpha value is -3.09. The summed E-state index contributed by atoms with van der Waals surface area (Å²) in [5.74, 6) is -1.22. The molecule has 0 N–H and O–H groups in total. The first-order chi connectivity index (χ1) is 13.5. The molecule has 2 rings (SSSR count). The van der Waals surface area contributed by atoms with E-state index >= 15 is 0 Å². The SMILES string of the molecule is CCC(=O)Oc1ccc(S(=O)(=O)C(=[N+]=[N-])C(=O)c2ccc(C(C)(C)C)cc2)cc1. The minimum atomic E-state index is -4.38. The Balaban J connectivity index is 2.33. The molecule has 2 aromatic rings. The van der Waals surface area contributed by atoms with Gasteiger partial charge in [0.15, 0.2) is 0 Å². The Morgan fingerprint density at radius 1 is 1.00 bits per heavy atom. The van der Waals surface area contributed by atoms with E-state index in [1.165, 1.54) is 36.4 Å². The van der Waals surface area contributed by atoms with Gasteiger partial charge in [0.2, 0.25) is 0 Å². The van der Waals surface area contributed by atoms with Gasteiger partial charge in [-0.25, -0.2) is 8.42 Å². The van der Waals surface area contributed by atoms with Crippen molar-refractivity contribution in [2.75, 3.05) is 0 Å². The summed E-state index contributed by atoms with van der Waals surface area (Å²) in [5, 5.41) is -0.987. The van der Waals surface area contributed by atoms with Crippen LogP contribution in [0.1, 0.15) is 50.0 Å². The molecule has 0 radical (unpaired) electrons. The molecule has 29 heavy (non-hydrogen) atoms. The number of ketones is 1. The van der Waals surface area contributed by atoms with Crippen LogP contribution >= 0.6 is 0 Å². The second-order valence-electron chi connectivity index (χ2n) is 7.36. The van der Waals surface area contributed by atoms with Crippen LogP contribution in [0.4, 0.5) is 0 Å². The van der Waals surface area contributed by atoms with Crippen molar-refractivity contribution in [3.63, 3.8) is 0 Å². The van der Waals surface area contributed by atoms with Gasteiger partial charge >= 0.3 is 11.0 Å². The summed E-state index contributed by atoms with van der Waals surface area (Å²) in [6.45, 7) is 7.66. The molecule has 0 saturated heterocycles. The third-order valence-electron chi connectivity index (χ3n) is 4.21. The fourth-order valence-corrected chi connectivity index (χ4v) is 3.66. The maximum absolute atomic E-state index is 12.8. The Morgan fingerprint density at radius 2 is 1.55 bits per heavy atom. The molecule has 0 aliphatic rings. The van der Waals surface area contributed by atoms with E-state index in [0.717, 1.165) is 5.56 Å². The summed E-state index contributed by atoms with van der Waals surface area (Å²) >= 11 is 0. The van der Waals surface area contributed by atoms with Crippen molar-refractivity contribution in [3.05, 3.63) is 65.2 Å². The van der Waals surface area contributed by atoms with Crippen molar-refractivity contribution in [2.24, 2.45) is 0 Å². The number of hydrogen-bond acceptors (Lipinski definition) is 5. The number of Topliss-reactive ketones (excluding diaryl/α,β-unsaturated/α-hetero) is 1. The first-order valence-electron chi connectivity index (χ1n) is 8.94. The molecule has 0 aromatic heterocycles. The molecule has 0 aliphatic carbocycles. The second kappa shape index (κ2) is 8.51. The highest BCUT2D eigenvalue weighted by Crippen LogP contribution is 2.23. The smallest absolute Gasteiger partial charge is 0.427 e. The number of carbonyl (C=O) groups is 2. The number of ether oxygens (including phenoxy) is 1. The van der Waals surface area contributed by atoms with E-state index < -0.39 is 26.6 Å². The molecule has 0 saturated carbocycles. The lowest BCUT2D eigenvalue weighted by Gasteiger charge is -2.18. The van der Waals surface area contributed by atoms with Crippen LogP contribution in [0.5, 0.6) is 5.75 Å². The lowest BCUT2D eigenvalue weighted by atomic mass is 9.86. The summed E-state index contributed by atoms with van der Waals surface area (Å²) in [6, 6.07) is 11.4. The van der Waals surface area contributed by atoms with E-state index in [9.17, 15) is 23.5 Å². The van der Waals surface area contributed by atoms with Crippen LogP contribution in [0.25, 0.3) is 5.53 Å². The predicted octanol–water partition coefficient (Wildman–Crippen LogP) is 3.58. The predicted molar refractivity (Wildman–Crippen MR) is 108 cm³/mol. The zero-order valence-electron chi connectivity index (χ0n) is 16.7. The second-order valence-corrected chi connectivity index (χ2v) is 9.23. The van der Waals surface area contributed by atoms with Gasteiger partial charge in [-0.05, 0) is 35.2 Å². The van der Waals surface area contributed by atoms with Crippen molar-refractivity contribution in [1.82, 2.24) is 0 Å². The zero-order chi connectivity index (χ0) is 21.8. The monoisotopic (exact) mass is 414 g/mol. The molecule has 0 aliphatic heterocycles. The number of benzene rings is 2. The van der Waals surface area contributed by atoms with Gasteiger partial charge in [0.25, 0.3) is 15.6 Å². The Labute approximate surface area is 169 Å². The average Bonchev–Trinajstić information content (AvgIpc) is 2.68. The lowest BCUT2D eigenvalue weighted by Crippen LogP contribution is -2.26. The number of sulfone groups is 1. The summed E-state index contributed by atoms with van der Waals surface area (Å²) in [7, 11) is -4.38. The van der Waals surface area contributed by atoms with Crippen LogP contribution in [0.3, 0.4) is 0 Å². The molecule has 0 fully saturated rings. The minimum absolute atomic E-state index is 0.0860. The summed E-state index contributed by atoms with van der Waals surface area (Å²) < 4.78 is 30.5.